The van der Waals surface area contributed by atoms with Crippen molar-refractivity contribution in [3.63, 3.8) is 0 Å². The third-order valence-electron chi connectivity index (χ3n) is 3.27. The van der Waals surface area contributed by atoms with Gasteiger partial charge < -0.3 is 9.64 Å². The van der Waals surface area contributed by atoms with Crippen molar-refractivity contribution < 1.29 is 27.1 Å². The van der Waals surface area contributed by atoms with Crippen LogP contribution < -0.4 is 0 Å². The first-order valence-corrected chi connectivity index (χ1v) is 8.22. The molecule has 10 heteroatoms. The quantitative estimate of drug-likeness (QED) is 0.436. The first-order valence-electron chi connectivity index (χ1n) is 6.82. The van der Waals surface area contributed by atoms with Gasteiger partial charge in [-0.3, -0.25) is 14.3 Å². The molecule has 0 aliphatic carbocycles. The van der Waals surface area contributed by atoms with Gasteiger partial charge in [0, 0.05) is 18.2 Å². The van der Waals surface area contributed by atoms with Gasteiger partial charge in [0.2, 0.25) is 0 Å². The fraction of sp³-hybridized carbons (Fsp3) is 0.462. The molecule has 1 heterocycles. The molecule has 2 rings (SSSR count). The van der Waals surface area contributed by atoms with E-state index in [2.05, 4.69) is 0 Å². The number of non-ortho nitro benzene ring substituents is 1. The van der Waals surface area contributed by atoms with Gasteiger partial charge in [0.1, 0.15) is 12.7 Å². The molecule has 1 aliphatic heterocycles. The Bertz CT molecular complexity index is 700. The Morgan fingerprint density at radius 2 is 2.00 bits per heavy atom. The molecule has 0 N–H and O–H groups in total. The van der Waals surface area contributed by atoms with Crippen molar-refractivity contribution in [1.82, 2.24) is 4.90 Å². The van der Waals surface area contributed by atoms with Crippen LogP contribution in [0.1, 0.15) is 13.8 Å². The summed E-state index contributed by atoms with van der Waals surface area (Å²) >= 11 is 0. The van der Waals surface area contributed by atoms with E-state index in [4.69, 9.17) is 8.92 Å². The van der Waals surface area contributed by atoms with Gasteiger partial charge in [-0.05, 0) is 26.0 Å². The lowest BCUT2D eigenvalue weighted by Gasteiger charge is -2.16. The van der Waals surface area contributed by atoms with Gasteiger partial charge in [-0.25, -0.2) is 4.79 Å². The Kier molecular flexibility index (Phi) is 4.85. The summed E-state index contributed by atoms with van der Waals surface area (Å²) in [6.07, 6.45) is -1.20. The van der Waals surface area contributed by atoms with Crippen molar-refractivity contribution in [2.75, 3.05) is 13.2 Å². The largest absolute Gasteiger partial charge is 0.442 e. The Morgan fingerprint density at radius 1 is 1.39 bits per heavy atom. The second-order valence-electron chi connectivity index (χ2n) is 5.24. The second-order valence-corrected chi connectivity index (χ2v) is 6.86. The fourth-order valence-electron chi connectivity index (χ4n) is 2.02. The lowest BCUT2D eigenvalue weighted by atomic mass is 10.3. The molecule has 0 radical (unpaired) electrons. The second kappa shape index (κ2) is 6.50. The van der Waals surface area contributed by atoms with Gasteiger partial charge in [-0.15, -0.1) is 0 Å². The molecule has 1 aromatic carbocycles. The number of hydrogen-bond acceptors (Lipinski definition) is 7. The van der Waals surface area contributed by atoms with Crippen molar-refractivity contribution in [2.45, 2.75) is 30.9 Å². The van der Waals surface area contributed by atoms with Crippen molar-refractivity contribution in [1.29, 1.82) is 0 Å². The maximum absolute atomic E-state index is 12.0. The average Bonchev–Trinajstić information content (AvgIpc) is 2.87. The lowest BCUT2D eigenvalue weighted by molar-refractivity contribution is -0.384. The number of cyclic esters (lactones) is 1. The number of amides is 1. The van der Waals surface area contributed by atoms with Crippen molar-refractivity contribution in [3.8, 4) is 0 Å². The molecule has 23 heavy (non-hydrogen) atoms. The highest BCUT2D eigenvalue weighted by molar-refractivity contribution is 7.86. The summed E-state index contributed by atoms with van der Waals surface area (Å²) < 4.78 is 33.9. The van der Waals surface area contributed by atoms with Crippen LogP contribution in [0.4, 0.5) is 10.5 Å². The summed E-state index contributed by atoms with van der Waals surface area (Å²) in [5, 5.41) is 10.5. The molecule has 1 saturated heterocycles. The van der Waals surface area contributed by atoms with Crippen LogP contribution in [0, 0.1) is 10.1 Å². The molecule has 1 aromatic rings. The molecule has 1 aliphatic rings. The predicted molar refractivity (Wildman–Crippen MR) is 78.3 cm³/mol. The molecule has 0 spiro atoms. The topological polar surface area (TPSA) is 116 Å². The third kappa shape index (κ3) is 3.96. The van der Waals surface area contributed by atoms with E-state index in [1.165, 1.54) is 4.90 Å². The van der Waals surface area contributed by atoms with Gasteiger partial charge in [0.25, 0.3) is 15.8 Å². The number of ether oxygens (including phenoxy) is 1. The summed E-state index contributed by atoms with van der Waals surface area (Å²) in [5.74, 6) is 0. The summed E-state index contributed by atoms with van der Waals surface area (Å²) in [7, 11) is -4.08. The minimum absolute atomic E-state index is 0.0567. The van der Waals surface area contributed by atoms with Crippen LogP contribution in [0.2, 0.25) is 0 Å². The highest BCUT2D eigenvalue weighted by Gasteiger charge is 2.34. The predicted octanol–water partition coefficient (Wildman–Crippen LogP) is 1.53. The van der Waals surface area contributed by atoms with Crippen LogP contribution in [0.3, 0.4) is 0 Å². The van der Waals surface area contributed by atoms with Crippen molar-refractivity contribution >= 4 is 21.9 Å². The normalized spacial score (nSPS) is 18.3. The van der Waals surface area contributed by atoms with E-state index in [1.54, 1.807) is 0 Å². The SMILES string of the molecule is CC(C)N1C[C@@H](COS(=O)(=O)c2ccc([N+](=O)[O-])cc2)OC1=O. The summed E-state index contributed by atoms with van der Waals surface area (Å²) in [6.45, 7) is 3.57. The Balaban J connectivity index is 1.99. The molecule has 0 unspecified atom stereocenters. The highest BCUT2D eigenvalue weighted by Crippen LogP contribution is 2.20. The zero-order valence-corrected chi connectivity index (χ0v) is 13.4. The minimum atomic E-state index is -4.08. The summed E-state index contributed by atoms with van der Waals surface area (Å²) in [5.41, 5.74) is -0.221. The van der Waals surface area contributed by atoms with Gasteiger partial charge >= 0.3 is 6.09 Å². The number of carbonyl (C=O) groups is 1. The zero-order valence-electron chi connectivity index (χ0n) is 12.5. The van der Waals surface area contributed by atoms with Gasteiger partial charge in [0.05, 0.1) is 16.4 Å². The zero-order chi connectivity index (χ0) is 17.2. The van der Waals surface area contributed by atoms with Crippen LogP contribution in [-0.4, -0.2) is 49.6 Å². The first-order chi connectivity index (χ1) is 10.7. The smallest absolute Gasteiger partial charge is 0.410 e. The van der Waals surface area contributed by atoms with Crippen LogP contribution in [0.5, 0.6) is 0 Å². The molecule has 0 bridgehead atoms. The number of nitro groups is 1. The number of carbonyl (C=O) groups excluding carboxylic acids is 1. The third-order valence-corrected chi connectivity index (χ3v) is 4.57. The Labute approximate surface area is 133 Å². The monoisotopic (exact) mass is 344 g/mol. The highest BCUT2D eigenvalue weighted by atomic mass is 32.2. The minimum Gasteiger partial charge on any atom is -0.442 e. The average molecular weight is 344 g/mol. The summed E-state index contributed by atoms with van der Waals surface area (Å²) in [4.78, 5) is 22.7. The number of rotatable bonds is 6. The molecule has 0 saturated carbocycles. The van der Waals surface area contributed by atoms with Crippen LogP contribution in [0.25, 0.3) is 0 Å². The van der Waals surface area contributed by atoms with Crippen molar-refractivity contribution in [2.24, 2.45) is 0 Å². The van der Waals surface area contributed by atoms with E-state index in [1.807, 2.05) is 13.8 Å². The first kappa shape index (κ1) is 17.2. The summed E-state index contributed by atoms with van der Waals surface area (Å²) in [6, 6.07) is 4.28. The number of nitro benzene ring substituents is 1. The maximum atomic E-state index is 12.0. The molecule has 1 atom stereocenters. The number of nitrogens with zero attached hydrogens (tertiary/aromatic N) is 2. The molecule has 0 aromatic heterocycles. The van der Waals surface area contributed by atoms with E-state index < -0.39 is 27.2 Å². The molecule has 9 nitrogen and oxygen atoms in total. The standard InChI is InChI=1S/C13H16N2O7S/c1-9(2)14-7-11(22-13(14)16)8-21-23(19,20)12-5-3-10(4-6-12)15(17)18/h3-6,9,11H,7-8H2,1-2H3/t11-/m0/s1. The molecule has 1 fully saturated rings. The lowest BCUT2D eigenvalue weighted by Crippen LogP contribution is -2.32. The van der Waals surface area contributed by atoms with E-state index in [0.717, 1.165) is 24.3 Å². The number of benzene rings is 1. The van der Waals surface area contributed by atoms with Crippen LogP contribution in [-0.2, 0) is 19.0 Å². The van der Waals surface area contributed by atoms with Crippen molar-refractivity contribution in [3.05, 3.63) is 34.4 Å². The van der Waals surface area contributed by atoms with Gasteiger partial charge in [-0.2, -0.15) is 8.42 Å². The molecule has 126 valence electrons. The maximum Gasteiger partial charge on any atom is 0.410 e. The van der Waals surface area contributed by atoms with E-state index in [-0.39, 0.29) is 29.8 Å². The molecule has 1 amide bonds. The van der Waals surface area contributed by atoms with E-state index in [9.17, 15) is 23.3 Å². The van der Waals surface area contributed by atoms with Crippen LogP contribution in [0.15, 0.2) is 29.2 Å². The van der Waals surface area contributed by atoms with Crippen LogP contribution >= 0.6 is 0 Å². The Hall–Kier alpha value is -2.20. The van der Waals surface area contributed by atoms with E-state index in [0.29, 0.717) is 0 Å². The van der Waals surface area contributed by atoms with Gasteiger partial charge in [0.15, 0.2) is 0 Å². The fourth-order valence-corrected chi connectivity index (χ4v) is 2.95. The Morgan fingerprint density at radius 3 is 2.48 bits per heavy atom. The molecular weight excluding hydrogens is 328 g/mol. The van der Waals surface area contributed by atoms with E-state index >= 15 is 0 Å². The number of hydrogen-bond donors (Lipinski definition) is 0. The van der Waals surface area contributed by atoms with Gasteiger partial charge in [-0.1, -0.05) is 0 Å². The molecular formula is C13H16N2O7S.